The Kier molecular flexibility index (Phi) is 5.81. The lowest BCUT2D eigenvalue weighted by Gasteiger charge is -2.14. The smallest absolute Gasteiger partial charge is 0.166 e. The van der Waals surface area contributed by atoms with Crippen molar-refractivity contribution in [2.75, 3.05) is 0 Å². The molecule has 3 nitrogen and oxygen atoms in total. The van der Waals surface area contributed by atoms with E-state index in [2.05, 4.69) is 156 Å². The Morgan fingerprint density at radius 1 is 0.407 bits per heavy atom. The number of aromatic nitrogens is 3. The number of para-hydroxylation sites is 1. The van der Waals surface area contributed by atoms with Gasteiger partial charge in [-0.15, -0.1) is 34.0 Å². The van der Waals surface area contributed by atoms with Crippen LogP contribution in [0.1, 0.15) is 0 Å². The van der Waals surface area contributed by atoms with E-state index >= 15 is 0 Å². The molecular weight excluding hydrogens is 715 g/mol. The van der Waals surface area contributed by atoms with Crippen LogP contribution in [0.25, 0.3) is 121 Å². The predicted octanol–water partition coefficient (Wildman–Crippen LogP) is 14.7. The number of hydrogen-bond donors (Lipinski definition) is 0. The van der Waals surface area contributed by atoms with Crippen LogP contribution in [0, 0.1) is 0 Å². The molecule has 6 heteroatoms. The molecule has 13 aromatic rings. The Morgan fingerprint density at radius 3 is 1.91 bits per heavy atom. The maximum atomic E-state index is 5.71. The summed E-state index contributed by atoms with van der Waals surface area (Å²) in [7, 11) is 0. The van der Waals surface area contributed by atoms with E-state index < -0.39 is 0 Å². The molecule has 0 saturated carbocycles. The molecule has 0 N–H and O–H groups in total. The summed E-state index contributed by atoms with van der Waals surface area (Å²) in [4.78, 5) is 12.3. The summed E-state index contributed by atoms with van der Waals surface area (Å²) >= 11 is 5.46. The molecule has 0 bridgehead atoms. The van der Waals surface area contributed by atoms with Crippen LogP contribution in [0.2, 0.25) is 0 Å². The molecular formula is C48H25N3S3. The highest BCUT2D eigenvalue weighted by Gasteiger charge is 2.27. The van der Waals surface area contributed by atoms with Gasteiger partial charge in [0.05, 0.1) is 15.7 Å². The average molecular weight is 740 g/mol. The van der Waals surface area contributed by atoms with Crippen molar-refractivity contribution in [2.24, 2.45) is 0 Å². The van der Waals surface area contributed by atoms with E-state index in [1.165, 1.54) is 82.9 Å². The molecule has 250 valence electrons. The van der Waals surface area contributed by atoms with Gasteiger partial charge in [-0.1, -0.05) is 127 Å². The Morgan fingerprint density at radius 2 is 1.06 bits per heavy atom. The van der Waals surface area contributed by atoms with Gasteiger partial charge in [-0.05, 0) is 45.8 Å². The van der Waals surface area contributed by atoms with E-state index in [9.17, 15) is 0 Å². The average Bonchev–Trinajstić information content (AvgIpc) is 3.99. The van der Waals surface area contributed by atoms with Crippen molar-refractivity contribution in [3.63, 3.8) is 0 Å². The Labute approximate surface area is 319 Å². The van der Waals surface area contributed by atoms with Gasteiger partial charge in [0, 0.05) is 62.1 Å². The number of hydrogen-bond acceptors (Lipinski definition) is 5. The minimum absolute atomic E-state index is 0.865. The summed E-state index contributed by atoms with van der Waals surface area (Å²) in [6.45, 7) is 0. The summed E-state index contributed by atoms with van der Waals surface area (Å²) in [5, 5.41) is 13.9. The van der Waals surface area contributed by atoms with Crippen LogP contribution >= 0.6 is 34.0 Å². The zero-order valence-corrected chi connectivity index (χ0v) is 30.9. The first-order valence-corrected chi connectivity index (χ1v) is 20.5. The first kappa shape index (κ1) is 29.3. The second kappa shape index (κ2) is 10.7. The minimum Gasteiger partial charge on any atom is -0.290 e. The van der Waals surface area contributed by atoms with Crippen molar-refractivity contribution in [3.05, 3.63) is 152 Å². The van der Waals surface area contributed by atoms with Gasteiger partial charge in [0.2, 0.25) is 0 Å². The Bertz CT molecular complexity index is 3750. The van der Waals surface area contributed by atoms with E-state index in [1.54, 1.807) is 11.3 Å². The molecule has 0 saturated heterocycles. The van der Waals surface area contributed by atoms with Gasteiger partial charge in [-0.2, -0.15) is 0 Å². The number of rotatable bonds is 2. The number of nitrogens with zero attached hydrogens (tertiary/aromatic N) is 3. The number of benzene rings is 8. The third-order valence-corrected chi connectivity index (χ3v) is 14.6. The molecule has 0 aliphatic heterocycles. The molecule has 0 aliphatic rings. The molecule has 0 radical (unpaired) electrons. The maximum absolute atomic E-state index is 5.71. The highest BCUT2D eigenvalue weighted by atomic mass is 32.1. The van der Waals surface area contributed by atoms with Crippen LogP contribution in [0.4, 0.5) is 0 Å². The van der Waals surface area contributed by atoms with Crippen molar-refractivity contribution in [1.82, 2.24) is 14.5 Å². The van der Waals surface area contributed by atoms with Crippen LogP contribution < -0.4 is 0 Å². The number of fused-ring (bicyclic) bond motifs is 18. The fourth-order valence-electron chi connectivity index (χ4n) is 8.94. The van der Waals surface area contributed by atoms with Crippen LogP contribution in [-0.2, 0) is 0 Å². The zero-order chi connectivity index (χ0) is 35.1. The first-order chi connectivity index (χ1) is 26.8. The van der Waals surface area contributed by atoms with E-state index in [0.717, 1.165) is 38.3 Å². The molecule has 0 atom stereocenters. The van der Waals surface area contributed by atoms with E-state index in [0.29, 0.717) is 0 Å². The van der Waals surface area contributed by atoms with E-state index in [4.69, 9.17) is 9.97 Å². The van der Waals surface area contributed by atoms with E-state index in [1.807, 2.05) is 22.7 Å². The van der Waals surface area contributed by atoms with Gasteiger partial charge in [-0.3, -0.25) is 4.57 Å². The van der Waals surface area contributed by atoms with Crippen molar-refractivity contribution in [3.8, 4) is 17.1 Å². The summed E-state index contributed by atoms with van der Waals surface area (Å²) in [6.07, 6.45) is 0. The third-order valence-electron chi connectivity index (χ3n) is 11.2. The molecule has 0 aliphatic carbocycles. The van der Waals surface area contributed by atoms with Gasteiger partial charge in [0.1, 0.15) is 16.0 Å². The maximum Gasteiger partial charge on any atom is 0.166 e. The van der Waals surface area contributed by atoms with Crippen molar-refractivity contribution < 1.29 is 0 Å². The lowest BCUT2D eigenvalue weighted by molar-refractivity contribution is 1.09. The fourth-order valence-corrected chi connectivity index (χ4v) is 12.4. The Balaban J connectivity index is 1.28. The SMILES string of the molecule is c1ccc2c(c1)ccc1sc3c(c4ccccc4c4c5ccccc5n(-c5nc6sc7ccccc7c6nc5-c5cccc6c5sc5ccccc56)c34)c12. The predicted molar refractivity (Wildman–Crippen MR) is 235 cm³/mol. The van der Waals surface area contributed by atoms with Gasteiger partial charge >= 0.3 is 0 Å². The van der Waals surface area contributed by atoms with Crippen molar-refractivity contribution >= 4 is 138 Å². The number of thiophene rings is 3. The lowest BCUT2D eigenvalue weighted by atomic mass is 9.96. The topological polar surface area (TPSA) is 30.7 Å². The molecule has 5 aromatic heterocycles. The van der Waals surface area contributed by atoms with Crippen molar-refractivity contribution in [2.45, 2.75) is 0 Å². The van der Waals surface area contributed by atoms with Gasteiger partial charge in [0.15, 0.2) is 5.82 Å². The second-order valence-electron chi connectivity index (χ2n) is 14.0. The first-order valence-electron chi connectivity index (χ1n) is 18.1. The molecule has 0 unspecified atom stereocenters. The molecule has 8 aromatic carbocycles. The molecule has 0 amide bonds. The Hall–Kier alpha value is -6.18. The highest BCUT2D eigenvalue weighted by Crippen LogP contribution is 2.51. The largest absolute Gasteiger partial charge is 0.290 e. The zero-order valence-electron chi connectivity index (χ0n) is 28.5. The molecule has 0 spiro atoms. The fraction of sp³-hybridized carbons (Fsp3) is 0. The van der Waals surface area contributed by atoms with Crippen molar-refractivity contribution in [1.29, 1.82) is 0 Å². The summed E-state index contributed by atoms with van der Waals surface area (Å²) < 4.78 is 8.73. The third kappa shape index (κ3) is 3.79. The molecule has 54 heavy (non-hydrogen) atoms. The van der Waals surface area contributed by atoms with Crippen LogP contribution in [0.3, 0.4) is 0 Å². The van der Waals surface area contributed by atoms with Gasteiger partial charge in [0.25, 0.3) is 0 Å². The van der Waals surface area contributed by atoms with Gasteiger partial charge < -0.3 is 0 Å². The quantitative estimate of drug-likeness (QED) is 0.177. The van der Waals surface area contributed by atoms with Crippen LogP contribution in [0.5, 0.6) is 0 Å². The summed E-state index contributed by atoms with van der Waals surface area (Å²) in [5.41, 5.74) is 5.29. The second-order valence-corrected chi connectivity index (χ2v) is 17.2. The normalized spacial score (nSPS) is 12.4. The molecule has 13 rings (SSSR count). The molecule has 0 fully saturated rings. The van der Waals surface area contributed by atoms with E-state index in [-0.39, 0.29) is 0 Å². The minimum atomic E-state index is 0.865. The highest BCUT2D eigenvalue weighted by molar-refractivity contribution is 7.27. The van der Waals surface area contributed by atoms with Gasteiger partial charge in [-0.25, -0.2) is 9.97 Å². The van der Waals surface area contributed by atoms with Crippen LogP contribution in [0.15, 0.2) is 152 Å². The monoisotopic (exact) mass is 739 g/mol. The summed E-state index contributed by atoms with van der Waals surface area (Å²) in [5.74, 6) is 0.865. The standard InChI is InChI=1S/C48H25N3S3/c1-2-13-27-26(12-1)24-25-38-40(27)41-30-16-4-3-15-29(30)39-32-17-5-8-21-35(32)51(44(39)46(41)53-38)47-42(49-43-33-18-7-10-23-37(33)54-48(43)50-47)34-20-11-19-31-28-14-6-9-22-36(28)52-45(31)34/h1-25H. The van der Waals surface area contributed by atoms with Crippen LogP contribution in [-0.4, -0.2) is 14.5 Å². The lowest BCUT2D eigenvalue weighted by Crippen LogP contribution is -2.03. The molecule has 5 heterocycles. The summed E-state index contributed by atoms with van der Waals surface area (Å²) in [6, 6.07) is 55.3.